The molecule has 1 aliphatic carbocycles. The van der Waals surface area contributed by atoms with E-state index in [4.69, 9.17) is 9.26 Å². The predicted molar refractivity (Wildman–Crippen MR) is 87.9 cm³/mol. The molecule has 6 heteroatoms. The van der Waals surface area contributed by atoms with Gasteiger partial charge in [0.25, 0.3) is 5.91 Å². The van der Waals surface area contributed by atoms with Gasteiger partial charge >= 0.3 is 0 Å². The second-order valence-electron chi connectivity index (χ2n) is 6.00. The molecule has 0 bridgehead atoms. The lowest BCUT2D eigenvalue weighted by Crippen LogP contribution is -2.52. The maximum Gasteiger partial charge on any atom is 0.273 e. The third kappa shape index (κ3) is 3.76. The molecule has 1 aromatic carbocycles. The van der Waals surface area contributed by atoms with E-state index in [9.17, 15) is 9.90 Å². The molecule has 0 spiro atoms. The minimum atomic E-state index is -0.763. The predicted octanol–water partition coefficient (Wildman–Crippen LogP) is 2.33. The molecule has 1 fully saturated rings. The van der Waals surface area contributed by atoms with Crippen LogP contribution in [0.4, 0.5) is 0 Å². The first-order chi connectivity index (χ1) is 11.7. The first kappa shape index (κ1) is 16.5. The van der Waals surface area contributed by atoms with Gasteiger partial charge in [0.15, 0.2) is 5.69 Å². The first-order valence-electron chi connectivity index (χ1n) is 8.33. The minimum absolute atomic E-state index is 0.241. The second-order valence-corrected chi connectivity index (χ2v) is 6.00. The van der Waals surface area contributed by atoms with Crippen LogP contribution in [0.5, 0.6) is 5.75 Å². The fourth-order valence-electron chi connectivity index (χ4n) is 2.93. The smallest absolute Gasteiger partial charge is 0.273 e. The van der Waals surface area contributed by atoms with Gasteiger partial charge in [-0.1, -0.05) is 30.3 Å². The van der Waals surface area contributed by atoms with Gasteiger partial charge < -0.3 is 19.7 Å². The molecule has 0 unspecified atom stereocenters. The van der Waals surface area contributed by atoms with Crippen LogP contribution in [0, 0.1) is 0 Å². The highest BCUT2D eigenvalue weighted by Gasteiger charge is 2.34. The van der Waals surface area contributed by atoms with Crippen molar-refractivity contribution in [2.45, 2.75) is 50.9 Å². The summed E-state index contributed by atoms with van der Waals surface area (Å²) in [6.07, 6.45) is 1.92. The van der Waals surface area contributed by atoms with Crippen LogP contribution in [0.25, 0.3) is 0 Å². The maximum absolute atomic E-state index is 12.3. The van der Waals surface area contributed by atoms with Gasteiger partial charge in [0.1, 0.15) is 23.7 Å². The third-order valence-electron chi connectivity index (χ3n) is 4.28. The molecule has 24 heavy (non-hydrogen) atoms. The quantitative estimate of drug-likeness (QED) is 0.879. The molecule has 128 valence electrons. The number of benzene rings is 1. The fourth-order valence-corrected chi connectivity index (χ4v) is 2.93. The number of ether oxygens (including phenoxy) is 1. The second kappa shape index (κ2) is 7.49. The van der Waals surface area contributed by atoms with Gasteiger partial charge in [-0.25, -0.2) is 0 Å². The summed E-state index contributed by atoms with van der Waals surface area (Å²) >= 11 is 0. The van der Waals surface area contributed by atoms with Crippen molar-refractivity contribution in [1.29, 1.82) is 0 Å². The Kier molecular flexibility index (Phi) is 5.15. The lowest BCUT2D eigenvalue weighted by atomic mass is 9.89. The molecule has 2 N–H and O–H groups in total. The van der Waals surface area contributed by atoms with Gasteiger partial charge in [-0.05, 0) is 31.4 Å². The van der Waals surface area contributed by atoms with Crippen molar-refractivity contribution in [3.8, 4) is 5.75 Å². The lowest BCUT2D eigenvalue weighted by molar-refractivity contribution is -0.0141. The zero-order valence-electron chi connectivity index (χ0n) is 13.6. The molecule has 1 heterocycles. The van der Waals surface area contributed by atoms with Crippen LogP contribution >= 0.6 is 0 Å². The van der Waals surface area contributed by atoms with Crippen LogP contribution in [-0.4, -0.2) is 34.4 Å². The van der Waals surface area contributed by atoms with E-state index in [0.29, 0.717) is 18.6 Å². The number of rotatable bonds is 5. The highest BCUT2D eigenvalue weighted by molar-refractivity contribution is 5.92. The number of nitrogens with zero attached hydrogens (tertiary/aromatic N) is 1. The number of aliphatic hydroxyl groups is 1. The number of amides is 1. The molecule has 2 aromatic rings. The van der Waals surface area contributed by atoms with E-state index >= 15 is 0 Å². The van der Waals surface area contributed by atoms with Crippen LogP contribution < -0.4 is 10.1 Å². The molecule has 0 saturated heterocycles. The number of hydrogen-bond acceptors (Lipinski definition) is 5. The zero-order chi connectivity index (χ0) is 16.9. The van der Waals surface area contributed by atoms with Crippen molar-refractivity contribution in [2.75, 3.05) is 0 Å². The van der Waals surface area contributed by atoms with E-state index in [1.165, 1.54) is 0 Å². The topological polar surface area (TPSA) is 84.6 Å². The zero-order valence-corrected chi connectivity index (χ0v) is 13.6. The van der Waals surface area contributed by atoms with Gasteiger partial charge in [-0.2, -0.15) is 0 Å². The molecular formula is C18H22N2O4. The Bertz CT molecular complexity index is 671. The van der Waals surface area contributed by atoms with Crippen molar-refractivity contribution in [1.82, 2.24) is 10.5 Å². The summed E-state index contributed by atoms with van der Waals surface area (Å²) in [5.41, 5.74) is 0.241. The maximum atomic E-state index is 12.3. The number of aryl methyl sites for hydroxylation is 1. The van der Waals surface area contributed by atoms with Gasteiger partial charge in [0, 0.05) is 12.5 Å². The fraction of sp³-hybridized carbons (Fsp3) is 0.444. The van der Waals surface area contributed by atoms with Crippen molar-refractivity contribution >= 4 is 5.91 Å². The minimum Gasteiger partial charge on any atom is -0.488 e. The average Bonchev–Trinajstić information content (AvgIpc) is 3.09. The molecular weight excluding hydrogens is 308 g/mol. The number of aromatic nitrogens is 1. The summed E-state index contributed by atoms with van der Waals surface area (Å²) in [5, 5.41) is 17.2. The molecule has 3 rings (SSSR count). The largest absolute Gasteiger partial charge is 0.488 e. The highest BCUT2D eigenvalue weighted by Crippen LogP contribution is 2.24. The Labute approximate surface area is 140 Å². The standard InChI is InChI=1S/C18H22N2O4/c1-2-12-11-15(20-24-12)18(22)19-14-9-6-10-16(17(14)21)23-13-7-4-3-5-8-13/h3-5,7-8,11,14,16-17,21H,2,6,9-10H2,1H3,(H,19,22)/t14-,16-,17-/m1/s1. The van der Waals surface area contributed by atoms with E-state index < -0.39 is 6.10 Å². The van der Waals surface area contributed by atoms with Crippen molar-refractivity contribution in [3.63, 3.8) is 0 Å². The van der Waals surface area contributed by atoms with E-state index in [1.807, 2.05) is 37.3 Å². The van der Waals surface area contributed by atoms with Crippen LogP contribution in [0.3, 0.4) is 0 Å². The number of para-hydroxylation sites is 1. The Balaban J connectivity index is 1.62. The van der Waals surface area contributed by atoms with Gasteiger partial charge in [-0.3, -0.25) is 4.79 Å². The van der Waals surface area contributed by atoms with Crippen LogP contribution in [0.2, 0.25) is 0 Å². The van der Waals surface area contributed by atoms with Crippen molar-refractivity contribution in [3.05, 3.63) is 47.9 Å². The van der Waals surface area contributed by atoms with Gasteiger partial charge in [0.2, 0.25) is 0 Å². The van der Waals surface area contributed by atoms with Gasteiger partial charge in [-0.15, -0.1) is 0 Å². The molecule has 3 atom stereocenters. The van der Waals surface area contributed by atoms with Crippen molar-refractivity contribution < 1.29 is 19.2 Å². The summed E-state index contributed by atoms with van der Waals surface area (Å²) < 4.78 is 10.9. The summed E-state index contributed by atoms with van der Waals surface area (Å²) in [6, 6.07) is 10.7. The highest BCUT2D eigenvalue weighted by atomic mass is 16.5. The van der Waals surface area contributed by atoms with Crippen molar-refractivity contribution in [2.24, 2.45) is 0 Å². The number of carbonyl (C=O) groups is 1. The monoisotopic (exact) mass is 330 g/mol. The Morgan fingerprint density at radius 2 is 2.17 bits per heavy atom. The van der Waals surface area contributed by atoms with E-state index in [2.05, 4.69) is 10.5 Å². The Morgan fingerprint density at radius 3 is 2.88 bits per heavy atom. The summed E-state index contributed by atoms with van der Waals surface area (Å²) in [7, 11) is 0. The van der Waals surface area contributed by atoms with Gasteiger partial charge in [0.05, 0.1) is 6.04 Å². The van der Waals surface area contributed by atoms with Crippen LogP contribution in [0.15, 0.2) is 40.9 Å². The Morgan fingerprint density at radius 1 is 1.38 bits per heavy atom. The Hall–Kier alpha value is -2.34. The van der Waals surface area contributed by atoms with Crippen LogP contribution in [-0.2, 0) is 6.42 Å². The van der Waals surface area contributed by atoms with Crippen LogP contribution in [0.1, 0.15) is 42.4 Å². The molecule has 1 aliphatic rings. The van der Waals surface area contributed by atoms with E-state index in [-0.39, 0.29) is 23.7 Å². The number of aliphatic hydroxyl groups excluding tert-OH is 1. The lowest BCUT2D eigenvalue weighted by Gasteiger charge is -2.35. The third-order valence-corrected chi connectivity index (χ3v) is 4.28. The first-order valence-corrected chi connectivity index (χ1v) is 8.33. The summed E-state index contributed by atoms with van der Waals surface area (Å²) in [5.74, 6) is 1.05. The molecule has 1 saturated carbocycles. The molecule has 0 radical (unpaired) electrons. The molecule has 1 aromatic heterocycles. The molecule has 1 amide bonds. The summed E-state index contributed by atoms with van der Waals surface area (Å²) in [4.78, 5) is 12.3. The SMILES string of the molecule is CCc1cc(C(=O)N[C@@H]2CCC[C@@H](Oc3ccccc3)[C@@H]2O)no1. The normalized spacial score (nSPS) is 23.7. The van der Waals surface area contributed by atoms with E-state index in [1.54, 1.807) is 6.07 Å². The number of carbonyl (C=O) groups excluding carboxylic acids is 1. The average molecular weight is 330 g/mol. The summed E-state index contributed by atoms with van der Waals surface area (Å²) in [6.45, 7) is 1.93. The number of hydrogen-bond donors (Lipinski definition) is 2. The van der Waals surface area contributed by atoms with E-state index in [0.717, 1.165) is 18.6 Å². The molecule has 0 aliphatic heterocycles. The molecule has 6 nitrogen and oxygen atoms in total. The number of nitrogens with one attached hydrogen (secondary N) is 1.